The predicted molar refractivity (Wildman–Crippen MR) is 98.4 cm³/mol. The summed E-state index contributed by atoms with van der Waals surface area (Å²) in [4.78, 5) is 4.89. The molecule has 4 unspecified atom stereocenters. The Hall–Kier alpha value is -1.85. The fourth-order valence-corrected chi connectivity index (χ4v) is 4.66. The Morgan fingerprint density at radius 3 is 2.42 bits per heavy atom. The zero-order valence-corrected chi connectivity index (χ0v) is 15.8. The molecular weight excluding hydrogens is 326 g/mol. The summed E-state index contributed by atoms with van der Waals surface area (Å²) in [6.07, 6.45) is 4.00. The largest absolute Gasteiger partial charge is 0.388 e. The molecule has 0 amide bonds. The second kappa shape index (κ2) is 6.10. The molecule has 138 valence electrons. The molecule has 0 fully saturated rings. The van der Waals surface area contributed by atoms with Crippen LogP contribution < -0.4 is 0 Å². The van der Waals surface area contributed by atoms with Crippen molar-refractivity contribution < 1.29 is 10.2 Å². The molecule has 2 aromatic heterocycles. The summed E-state index contributed by atoms with van der Waals surface area (Å²) in [5, 5.41) is 29.5. The number of hydrogen-bond acceptors (Lipinski definition) is 5. The maximum atomic E-state index is 10.9. The van der Waals surface area contributed by atoms with Gasteiger partial charge in [-0.25, -0.2) is 0 Å². The third kappa shape index (κ3) is 2.57. The molecule has 4 rings (SSSR count). The molecule has 4 atom stereocenters. The van der Waals surface area contributed by atoms with Gasteiger partial charge in [-0.3, -0.25) is 4.98 Å². The number of nitrogens with zero attached hydrogens (tertiary/aromatic N) is 3. The minimum absolute atomic E-state index is 0.00786. The van der Waals surface area contributed by atoms with Gasteiger partial charge in [0, 0.05) is 22.6 Å². The maximum absolute atomic E-state index is 10.9. The van der Waals surface area contributed by atoms with Crippen molar-refractivity contribution in [2.75, 3.05) is 0 Å². The lowest BCUT2D eigenvalue weighted by Crippen LogP contribution is -2.33. The highest BCUT2D eigenvalue weighted by Gasteiger charge is 2.44. The first-order valence-corrected chi connectivity index (χ1v) is 9.46. The van der Waals surface area contributed by atoms with E-state index in [0.29, 0.717) is 5.92 Å². The molecule has 2 aliphatic carbocycles. The monoisotopic (exact) mass is 353 g/mol. The Labute approximate surface area is 154 Å². The molecule has 5 heteroatoms. The van der Waals surface area contributed by atoms with Gasteiger partial charge in [-0.2, -0.15) is 10.2 Å². The fraction of sp³-hybridized carbons (Fsp3) is 0.571. The van der Waals surface area contributed by atoms with E-state index in [1.54, 1.807) is 12.4 Å². The quantitative estimate of drug-likeness (QED) is 0.887. The van der Waals surface area contributed by atoms with Gasteiger partial charge in [0.2, 0.25) is 0 Å². The molecule has 2 aromatic rings. The van der Waals surface area contributed by atoms with Crippen LogP contribution in [0.25, 0.3) is 0 Å². The Kier molecular flexibility index (Phi) is 4.12. The highest BCUT2D eigenvalue weighted by atomic mass is 16.3. The predicted octanol–water partition coefficient (Wildman–Crippen LogP) is 2.92. The number of aromatic nitrogens is 3. The van der Waals surface area contributed by atoms with Crippen LogP contribution in [0, 0.1) is 17.8 Å². The molecule has 0 aromatic carbocycles. The van der Waals surface area contributed by atoms with Gasteiger partial charge in [0.05, 0.1) is 30.3 Å². The van der Waals surface area contributed by atoms with E-state index >= 15 is 0 Å². The summed E-state index contributed by atoms with van der Waals surface area (Å²) >= 11 is 0. The van der Waals surface area contributed by atoms with Crippen molar-refractivity contribution in [1.82, 2.24) is 15.2 Å². The van der Waals surface area contributed by atoms with Crippen molar-refractivity contribution in [3.8, 4) is 0 Å². The first-order chi connectivity index (χ1) is 12.3. The van der Waals surface area contributed by atoms with E-state index in [-0.39, 0.29) is 17.3 Å². The van der Waals surface area contributed by atoms with Gasteiger partial charge in [0.15, 0.2) is 0 Å². The maximum Gasteiger partial charge on any atom is 0.0996 e. The van der Waals surface area contributed by atoms with Crippen LogP contribution in [0.2, 0.25) is 0 Å². The third-order valence-electron chi connectivity index (χ3n) is 6.58. The number of aliphatic hydroxyl groups is 2. The van der Waals surface area contributed by atoms with Crippen molar-refractivity contribution in [2.24, 2.45) is 17.8 Å². The highest BCUT2D eigenvalue weighted by molar-refractivity contribution is 5.36. The lowest BCUT2D eigenvalue weighted by Gasteiger charge is -2.34. The smallest absolute Gasteiger partial charge is 0.0996 e. The normalized spacial score (nSPS) is 27.7. The molecule has 0 radical (unpaired) electrons. The fourth-order valence-electron chi connectivity index (χ4n) is 4.66. The average Bonchev–Trinajstić information content (AvgIpc) is 3.13. The van der Waals surface area contributed by atoms with Gasteiger partial charge in [0.1, 0.15) is 0 Å². The van der Waals surface area contributed by atoms with Crippen molar-refractivity contribution >= 4 is 0 Å². The molecule has 2 heterocycles. The Morgan fingerprint density at radius 2 is 1.73 bits per heavy atom. The van der Waals surface area contributed by atoms with E-state index in [9.17, 15) is 10.2 Å². The third-order valence-corrected chi connectivity index (χ3v) is 6.58. The van der Waals surface area contributed by atoms with Crippen LogP contribution in [0.15, 0.2) is 24.5 Å². The first kappa shape index (κ1) is 17.6. The topological polar surface area (TPSA) is 79.1 Å². The molecule has 26 heavy (non-hydrogen) atoms. The molecule has 5 nitrogen and oxygen atoms in total. The van der Waals surface area contributed by atoms with Crippen LogP contribution in [0.1, 0.15) is 68.0 Å². The van der Waals surface area contributed by atoms with Gasteiger partial charge >= 0.3 is 0 Å². The van der Waals surface area contributed by atoms with Gasteiger partial charge in [-0.05, 0) is 41.9 Å². The Morgan fingerprint density at radius 1 is 1.00 bits per heavy atom. The summed E-state index contributed by atoms with van der Waals surface area (Å²) in [7, 11) is 0. The van der Waals surface area contributed by atoms with Crippen LogP contribution in [0.5, 0.6) is 0 Å². The van der Waals surface area contributed by atoms with Crippen molar-refractivity contribution in [1.29, 1.82) is 0 Å². The summed E-state index contributed by atoms with van der Waals surface area (Å²) in [6.45, 7) is 8.56. The van der Waals surface area contributed by atoms with E-state index in [4.69, 9.17) is 4.98 Å². The number of rotatable bonds is 3. The summed E-state index contributed by atoms with van der Waals surface area (Å²) < 4.78 is 0. The van der Waals surface area contributed by atoms with Crippen molar-refractivity contribution in [2.45, 2.75) is 58.2 Å². The zero-order valence-electron chi connectivity index (χ0n) is 15.8. The average molecular weight is 353 g/mol. The standard InChI is InChI=1S/C21H27N3O2/c1-11(2)14-7-12-5-6-17(24-18(12)20(14)26)21(3,4)16-8-13-9-22-23-10-15(13)19(16)25/h5-6,9-11,14,16,19-20,25-26H,7-8H2,1-4H3. The second-order valence-electron chi connectivity index (χ2n) is 8.74. The van der Waals surface area contributed by atoms with Crippen molar-refractivity contribution in [3.63, 3.8) is 0 Å². The van der Waals surface area contributed by atoms with E-state index in [2.05, 4.69) is 50.0 Å². The summed E-state index contributed by atoms with van der Waals surface area (Å²) in [5.41, 5.74) is 4.51. The van der Waals surface area contributed by atoms with Crippen LogP contribution >= 0.6 is 0 Å². The summed E-state index contributed by atoms with van der Waals surface area (Å²) in [5.74, 6) is 0.657. The van der Waals surface area contributed by atoms with Gasteiger partial charge in [-0.1, -0.05) is 33.8 Å². The van der Waals surface area contributed by atoms with Crippen LogP contribution in [0.4, 0.5) is 0 Å². The van der Waals surface area contributed by atoms with Gasteiger partial charge in [0.25, 0.3) is 0 Å². The summed E-state index contributed by atoms with van der Waals surface area (Å²) in [6, 6.07) is 4.18. The van der Waals surface area contributed by atoms with E-state index < -0.39 is 12.2 Å². The Bertz CT molecular complexity index is 834. The number of pyridine rings is 1. The minimum atomic E-state index is -0.570. The molecule has 2 N–H and O–H groups in total. The Balaban J connectivity index is 1.67. The minimum Gasteiger partial charge on any atom is -0.388 e. The van der Waals surface area contributed by atoms with Crippen molar-refractivity contribution in [3.05, 3.63) is 52.6 Å². The molecule has 0 saturated heterocycles. The lowest BCUT2D eigenvalue weighted by atomic mass is 9.73. The van der Waals surface area contributed by atoms with E-state index in [1.807, 2.05) is 0 Å². The molecule has 0 aliphatic heterocycles. The molecule has 0 spiro atoms. The number of hydrogen-bond donors (Lipinski definition) is 2. The number of aliphatic hydroxyl groups excluding tert-OH is 2. The van der Waals surface area contributed by atoms with Crippen LogP contribution in [-0.4, -0.2) is 25.4 Å². The molecule has 0 saturated carbocycles. The SMILES string of the molecule is CC(C)C1Cc2ccc(C(C)(C)C3Cc4cnncc4C3O)nc2C1O. The molecular formula is C21H27N3O2. The van der Waals surface area contributed by atoms with Gasteiger partial charge in [-0.15, -0.1) is 0 Å². The van der Waals surface area contributed by atoms with E-state index in [1.165, 1.54) is 0 Å². The zero-order chi connectivity index (χ0) is 18.6. The molecule has 0 bridgehead atoms. The lowest BCUT2D eigenvalue weighted by molar-refractivity contribution is 0.0782. The van der Waals surface area contributed by atoms with E-state index in [0.717, 1.165) is 40.9 Å². The first-order valence-electron chi connectivity index (χ1n) is 9.46. The van der Waals surface area contributed by atoms with Crippen LogP contribution in [0.3, 0.4) is 0 Å². The highest BCUT2D eigenvalue weighted by Crippen LogP contribution is 2.47. The van der Waals surface area contributed by atoms with Crippen LogP contribution in [-0.2, 0) is 18.3 Å². The second-order valence-corrected chi connectivity index (χ2v) is 8.74. The van der Waals surface area contributed by atoms with Gasteiger partial charge < -0.3 is 10.2 Å². The number of fused-ring (bicyclic) bond motifs is 2. The molecule has 2 aliphatic rings.